The van der Waals surface area contributed by atoms with Crippen molar-refractivity contribution >= 4 is 5.91 Å². The second kappa shape index (κ2) is 6.85. The van der Waals surface area contributed by atoms with Gasteiger partial charge in [0.15, 0.2) is 0 Å². The van der Waals surface area contributed by atoms with E-state index in [1.54, 1.807) is 0 Å². The molecule has 3 aliphatic rings. The van der Waals surface area contributed by atoms with Gasteiger partial charge in [0.2, 0.25) is 0 Å². The van der Waals surface area contributed by atoms with E-state index in [4.69, 9.17) is 4.74 Å². The monoisotopic (exact) mass is 328 g/mol. The first kappa shape index (κ1) is 16.1. The average molecular weight is 328 g/mol. The van der Waals surface area contributed by atoms with Gasteiger partial charge in [-0.3, -0.25) is 4.79 Å². The van der Waals surface area contributed by atoms with Crippen molar-refractivity contribution in [3.63, 3.8) is 0 Å². The lowest BCUT2D eigenvalue weighted by molar-refractivity contribution is 0.0506. The summed E-state index contributed by atoms with van der Waals surface area (Å²) in [6.07, 6.45) is 4.08. The number of hydrogen-bond donors (Lipinski definition) is 0. The maximum absolute atomic E-state index is 12.8. The molecule has 0 saturated carbocycles. The lowest BCUT2D eigenvalue weighted by Crippen LogP contribution is -2.43. The third-order valence-electron chi connectivity index (χ3n) is 5.96. The molecular formula is C20H28N2O2. The van der Waals surface area contributed by atoms with E-state index in [-0.39, 0.29) is 5.91 Å². The number of nitrogens with zero attached hydrogens (tertiary/aromatic N) is 2. The molecule has 3 heterocycles. The second-order valence-electron chi connectivity index (χ2n) is 7.78. The van der Waals surface area contributed by atoms with Gasteiger partial charge in [0, 0.05) is 38.3 Å². The molecule has 4 nitrogen and oxygen atoms in total. The quantitative estimate of drug-likeness (QED) is 0.855. The molecule has 0 radical (unpaired) electrons. The summed E-state index contributed by atoms with van der Waals surface area (Å²) in [7, 11) is 0. The van der Waals surface area contributed by atoms with E-state index in [0.29, 0.717) is 17.9 Å². The topological polar surface area (TPSA) is 32.8 Å². The van der Waals surface area contributed by atoms with Gasteiger partial charge in [-0.05, 0) is 56.7 Å². The van der Waals surface area contributed by atoms with Crippen molar-refractivity contribution in [1.29, 1.82) is 0 Å². The second-order valence-corrected chi connectivity index (χ2v) is 7.78. The number of ether oxygens (including phenoxy) is 1. The Kier molecular flexibility index (Phi) is 4.59. The molecule has 24 heavy (non-hydrogen) atoms. The van der Waals surface area contributed by atoms with E-state index in [2.05, 4.69) is 16.7 Å². The standard InChI is InChI=1S/C20H28N2O2/c1-15-4-6-16(7-5-15)20(23)22-12-17-8-9-21(11-18(17)13-22)14-19-3-2-10-24-19/h4-7,17-19H,2-3,8-14H2,1H3/t17-,18+,19?/m0/s1. The Labute approximate surface area is 144 Å². The Morgan fingerprint density at radius 3 is 2.67 bits per heavy atom. The van der Waals surface area contributed by atoms with E-state index in [9.17, 15) is 4.79 Å². The summed E-state index contributed by atoms with van der Waals surface area (Å²) in [4.78, 5) is 17.4. The molecule has 4 heteroatoms. The smallest absolute Gasteiger partial charge is 0.253 e. The molecule has 1 unspecified atom stereocenters. The summed E-state index contributed by atoms with van der Waals surface area (Å²) in [5, 5.41) is 0. The first-order chi connectivity index (χ1) is 11.7. The van der Waals surface area contributed by atoms with E-state index in [1.165, 1.54) is 24.8 Å². The van der Waals surface area contributed by atoms with Crippen molar-refractivity contribution in [1.82, 2.24) is 9.80 Å². The van der Waals surface area contributed by atoms with Gasteiger partial charge >= 0.3 is 0 Å². The normalized spacial score (nSPS) is 30.5. The van der Waals surface area contributed by atoms with Crippen LogP contribution >= 0.6 is 0 Å². The molecule has 0 aromatic heterocycles. The minimum Gasteiger partial charge on any atom is -0.377 e. The third-order valence-corrected chi connectivity index (χ3v) is 5.96. The van der Waals surface area contributed by atoms with Crippen molar-refractivity contribution < 1.29 is 9.53 Å². The van der Waals surface area contributed by atoms with Gasteiger partial charge < -0.3 is 14.5 Å². The number of hydrogen-bond acceptors (Lipinski definition) is 3. The van der Waals surface area contributed by atoms with Crippen molar-refractivity contribution in [3.05, 3.63) is 35.4 Å². The van der Waals surface area contributed by atoms with Crippen molar-refractivity contribution in [2.75, 3.05) is 39.3 Å². The molecule has 1 aromatic rings. The van der Waals surface area contributed by atoms with E-state index in [1.807, 2.05) is 24.3 Å². The van der Waals surface area contributed by atoms with Crippen LogP contribution in [0.5, 0.6) is 0 Å². The van der Waals surface area contributed by atoms with Gasteiger partial charge in [-0.25, -0.2) is 0 Å². The molecule has 1 amide bonds. The fraction of sp³-hybridized carbons (Fsp3) is 0.650. The number of aryl methyl sites for hydroxylation is 1. The van der Waals surface area contributed by atoms with E-state index < -0.39 is 0 Å². The predicted octanol–water partition coefficient (Wildman–Crippen LogP) is 2.57. The van der Waals surface area contributed by atoms with Crippen LogP contribution in [0.25, 0.3) is 0 Å². The molecule has 1 aromatic carbocycles. The fourth-order valence-electron chi connectivity index (χ4n) is 4.53. The molecule has 3 fully saturated rings. The van der Waals surface area contributed by atoms with Gasteiger partial charge in [0.05, 0.1) is 6.10 Å². The molecule has 3 atom stereocenters. The first-order valence-corrected chi connectivity index (χ1v) is 9.39. The summed E-state index contributed by atoms with van der Waals surface area (Å²) in [5.41, 5.74) is 2.03. The molecule has 0 N–H and O–H groups in total. The van der Waals surface area contributed by atoms with Crippen LogP contribution in [0, 0.1) is 18.8 Å². The van der Waals surface area contributed by atoms with Crippen LogP contribution in [0.4, 0.5) is 0 Å². The first-order valence-electron chi connectivity index (χ1n) is 9.39. The van der Waals surface area contributed by atoms with Gasteiger partial charge in [0.25, 0.3) is 5.91 Å². The SMILES string of the molecule is Cc1ccc(C(=O)N2C[C@H]3CN(CC4CCCO4)CC[C@H]3C2)cc1. The maximum Gasteiger partial charge on any atom is 0.253 e. The number of fused-ring (bicyclic) bond motifs is 1. The summed E-state index contributed by atoms with van der Waals surface area (Å²) < 4.78 is 5.79. The van der Waals surface area contributed by atoms with Crippen LogP contribution in [0.3, 0.4) is 0 Å². The maximum atomic E-state index is 12.8. The van der Waals surface area contributed by atoms with Crippen molar-refractivity contribution in [3.8, 4) is 0 Å². The lowest BCUT2D eigenvalue weighted by atomic mass is 9.88. The molecule has 130 valence electrons. The highest BCUT2D eigenvalue weighted by atomic mass is 16.5. The van der Waals surface area contributed by atoms with Gasteiger partial charge in [0.1, 0.15) is 0 Å². The molecule has 3 saturated heterocycles. The molecule has 3 aliphatic heterocycles. The van der Waals surface area contributed by atoms with Crippen molar-refractivity contribution in [2.45, 2.75) is 32.3 Å². The number of likely N-dealkylation sites (tertiary alicyclic amines) is 2. The van der Waals surface area contributed by atoms with Crippen LogP contribution < -0.4 is 0 Å². The number of amides is 1. The average Bonchev–Trinajstić information content (AvgIpc) is 3.24. The number of piperidine rings is 1. The van der Waals surface area contributed by atoms with E-state index in [0.717, 1.165) is 44.9 Å². The van der Waals surface area contributed by atoms with Crippen LogP contribution in [-0.2, 0) is 4.74 Å². The highest BCUT2D eigenvalue weighted by Gasteiger charge is 2.39. The highest BCUT2D eigenvalue weighted by molar-refractivity contribution is 5.94. The number of benzene rings is 1. The Hall–Kier alpha value is -1.39. The zero-order valence-corrected chi connectivity index (χ0v) is 14.6. The lowest BCUT2D eigenvalue weighted by Gasteiger charge is -2.35. The Morgan fingerprint density at radius 1 is 1.12 bits per heavy atom. The van der Waals surface area contributed by atoms with Gasteiger partial charge in [-0.15, -0.1) is 0 Å². The summed E-state index contributed by atoms with van der Waals surface area (Å²) in [6, 6.07) is 7.98. The molecule has 0 aliphatic carbocycles. The van der Waals surface area contributed by atoms with E-state index >= 15 is 0 Å². The van der Waals surface area contributed by atoms with Crippen LogP contribution in [-0.4, -0.2) is 61.1 Å². The van der Waals surface area contributed by atoms with Crippen LogP contribution in [0.2, 0.25) is 0 Å². The largest absolute Gasteiger partial charge is 0.377 e. The number of rotatable bonds is 3. The van der Waals surface area contributed by atoms with Gasteiger partial charge in [-0.2, -0.15) is 0 Å². The van der Waals surface area contributed by atoms with Crippen molar-refractivity contribution in [2.24, 2.45) is 11.8 Å². The van der Waals surface area contributed by atoms with Crippen LogP contribution in [0.15, 0.2) is 24.3 Å². The minimum absolute atomic E-state index is 0.204. The summed E-state index contributed by atoms with van der Waals surface area (Å²) in [5.74, 6) is 1.52. The zero-order valence-electron chi connectivity index (χ0n) is 14.6. The Balaban J connectivity index is 1.35. The summed E-state index contributed by atoms with van der Waals surface area (Å²) >= 11 is 0. The third kappa shape index (κ3) is 3.35. The Morgan fingerprint density at radius 2 is 1.92 bits per heavy atom. The number of carbonyl (C=O) groups is 1. The molecular weight excluding hydrogens is 300 g/mol. The Bertz CT molecular complexity index is 580. The minimum atomic E-state index is 0.204. The fourth-order valence-corrected chi connectivity index (χ4v) is 4.53. The summed E-state index contributed by atoms with van der Waals surface area (Å²) in [6.45, 7) is 8.21. The molecule has 0 bridgehead atoms. The highest BCUT2D eigenvalue weighted by Crippen LogP contribution is 2.32. The zero-order chi connectivity index (χ0) is 16.5. The molecule has 0 spiro atoms. The number of carbonyl (C=O) groups excluding carboxylic acids is 1. The van der Waals surface area contributed by atoms with Crippen LogP contribution in [0.1, 0.15) is 35.2 Å². The predicted molar refractivity (Wildman–Crippen MR) is 94.1 cm³/mol. The van der Waals surface area contributed by atoms with Gasteiger partial charge in [-0.1, -0.05) is 17.7 Å². The molecule has 4 rings (SSSR count).